The summed E-state index contributed by atoms with van der Waals surface area (Å²) in [4.78, 5) is 14.9. The lowest BCUT2D eigenvalue weighted by atomic mass is 10.1. The first-order valence-electron chi connectivity index (χ1n) is 10.4. The Kier molecular flexibility index (Phi) is 6.58. The Balaban J connectivity index is 1.45. The molecular weight excluding hydrogens is 416 g/mol. The predicted octanol–water partition coefficient (Wildman–Crippen LogP) is 3.82. The van der Waals surface area contributed by atoms with Crippen LogP contribution in [0.1, 0.15) is 36.3 Å². The number of carbonyl (C=O) groups is 1. The minimum Gasteiger partial charge on any atom is -0.467 e. The zero-order valence-corrected chi connectivity index (χ0v) is 18.1. The molecule has 0 unspecified atom stereocenters. The molecule has 0 aliphatic carbocycles. The zero-order chi connectivity index (χ0) is 21.7. The van der Waals surface area contributed by atoms with Crippen molar-refractivity contribution in [3.63, 3.8) is 0 Å². The van der Waals surface area contributed by atoms with Gasteiger partial charge in [-0.2, -0.15) is 4.31 Å². The van der Waals surface area contributed by atoms with Gasteiger partial charge in [-0.25, -0.2) is 8.42 Å². The van der Waals surface area contributed by atoms with Crippen molar-refractivity contribution in [3.8, 4) is 0 Å². The van der Waals surface area contributed by atoms with Crippen LogP contribution in [0.2, 0.25) is 0 Å². The van der Waals surface area contributed by atoms with Crippen molar-refractivity contribution in [1.82, 2.24) is 9.21 Å². The summed E-state index contributed by atoms with van der Waals surface area (Å²) < 4.78 is 38.0. The highest BCUT2D eigenvalue weighted by atomic mass is 32.2. The summed E-state index contributed by atoms with van der Waals surface area (Å²) in [6.07, 6.45) is 6.17. The Morgan fingerprint density at radius 3 is 1.97 bits per heavy atom. The van der Waals surface area contributed by atoms with Crippen LogP contribution in [0.25, 0.3) is 0 Å². The molecule has 1 aromatic carbocycles. The Bertz CT molecular complexity index is 1030. The lowest BCUT2D eigenvalue weighted by Crippen LogP contribution is -2.35. The largest absolute Gasteiger partial charge is 0.467 e. The maximum absolute atomic E-state index is 13.0. The second kappa shape index (κ2) is 9.53. The van der Waals surface area contributed by atoms with E-state index in [1.807, 2.05) is 12.1 Å². The van der Waals surface area contributed by atoms with Crippen molar-refractivity contribution in [2.24, 2.45) is 0 Å². The highest BCUT2D eigenvalue weighted by Gasteiger charge is 2.26. The van der Waals surface area contributed by atoms with Crippen molar-refractivity contribution in [2.45, 2.75) is 43.7 Å². The minimum absolute atomic E-state index is 0.0977. The van der Waals surface area contributed by atoms with E-state index in [1.165, 1.54) is 0 Å². The molecule has 7 nitrogen and oxygen atoms in total. The highest BCUT2D eigenvalue weighted by molar-refractivity contribution is 7.89. The number of amides is 1. The van der Waals surface area contributed by atoms with E-state index in [0.717, 1.165) is 24.8 Å². The molecule has 2 aromatic heterocycles. The lowest BCUT2D eigenvalue weighted by Gasteiger charge is -2.26. The van der Waals surface area contributed by atoms with Crippen LogP contribution in [0.3, 0.4) is 0 Å². The monoisotopic (exact) mass is 442 g/mol. The smallest absolute Gasteiger partial charge is 0.243 e. The van der Waals surface area contributed by atoms with Gasteiger partial charge in [-0.05, 0) is 54.8 Å². The number of benzene rings is 1. The molecule has 3 heterocycles. The van der Waals surface area contributed by atoms with Crippen LogP contribution in [-0.2, 0) is 34.3 Å². The van der Waals surface area contributed by atoms with Gasteiger partial charge in [-0.1, -0.05) is 18.6 Å². The van der Waals surface area contributed by atoms with E-state index in [9.17, 15) is 13.2 Å². The van der Waals surface area contributed by atoms with E-state index < -0.39 is 10.0 Å². The third kappa shape index (κ3) is 5.26. The molecule has 0 N–H and O–H groups in total. The molecule has 3 aromatic rings. The quantitative estimate of drug-likeness (QED) is 0.530. The predicted molar refractivity (Wildman–Crippen MR) is 114 cm³/mol. The molecule has 0 radical (unpaired) electrons. The number of furan rings is 2. The van der Waals surface area contributed by atoms with Gasteiger partial charge in [0.1, 0.15) is 11.5 Å². The van der Waals surface area contributed by atoms with Crippen molar-refractivity contribution in [1.29, 1.82) is 0 Å². The molecular formula is C23H26N2O5S. The van der Waals surface area contributed by atoms with E-state index in [2.05, 4.69) is 0 Å². The fourth-order valence-corrected chi connectivity index (χ4v) is 5.25. The van der Waals surface area contributed by atoms with Crippen molar-refractivity contribution < 1.29 is 22.0 Å². The first-order chi connectivity index (χ1) is 15.0. The van der Waals surface area contributed by atoms with Crippen LogP contribution in [-0.4, -0.2) is 36.6 Å². The third-order valence-corrected chi connectivity index (χ3v) is 7.35. The lowest BCUT2D eigenvalue weighted by molar-refractivity contribution is -0.132. The van der Waals surface area contributed by atoms with Gasteiger partial charge in [0.05, 0.1) is 36.9 Å². The summed E-state index contributed by atoms with van der Waals surface area (Å²) in [7, 11) is -3.48. The Morgan fingerprint density at radius 1 is 0.871 bits per heavy atom. The molecule has 1 saturated heterocycles. The second-order valence-corrected chi connectivity index (χ2v) is 9.63. The summed E-state index contributed by atoms with van der Waals surface area (Å²) in [6.45, 7) is 1.79. The topological polar surface area (TPSA) is 84.0 Å². The normalized spacial score (nSPS) is 15.1. The average Bonchev–Trinajstić information content (AvgIpc) is 3.49. The molecule has 31 heavy (non-hydrogen) atoms. The van der Waals surface area contributed by atoms with Gasteiger partial charge >= 0.3 is 0 Å². The maximum Gasteiger partial charge on any atom is 0.243 e. The fourth-order valence-electron chi connectivity index (χ4n) is 3.73. The molecule has 0 bridgehead atoms. The van der Waals surface area contributed by atoms with E-state index in [-0.39, 0.29) is 17.2 Å². The van der Waals surface area contributed by atoms with Gasteiger partial charge in [-0.15, -0.1) is 0 Å². The Hall–Kier alpha value is -2.84. The molecule has 1 aliphatic rings. The maximum atomic E-state index is 13.0. The first kappa shape index (κ1) is 21.4. The molecule has 1 aliphatic heterocycles. The van der Waals surface area contributed by atoms with Crippen LogP contribution >= 0.6 is 0 Å². The summed E-state index contributed by atoms with van der Waals surface area (Å²) >= 11 is 0. The molecule has 8 heteroatoms. The highest BCUT2D eigenvalue weighted by Crippen LogP contribution is 2.21. The van der Waals surface area contributed by atoms with E-state index in [4.69, 9.17) is 8.83 Å². The number of hydrogen-bond donors (Lipinski definition) is 0. The van der Waals surface area contributed by atoms with Crippen LogP contribution in [0, 0.1) is 0 Å². The number of nitrogens with zero attached hydrogens (tertiary/aromatic N) is 2. The number of piperidine rings is 1. The zero-order valence-electron chi connectivity index (χ0n) is 17.3. The number of rotatable bonds is 8. The molecule has 4 rings (SSSR count). The molecule has 1 fully saturated rings. The summed E-state index contributed by atoms with van der Waals surface area (Å²) in [5, 5.41) is 0. The van der Waals surface area contributed by atoms with Crippen LogP contribution in [0.5, 0.6) is 0 Å². The summed E-state index contributed by atoms with van der Waals surface area (Å²) in [6, 6.07) is 13.8. The van der Waals surface area contributed by atoms with Gasteiger partial charge in [0.15, 0.2) is 0 Å². The van der Waals surface area contributed by atoms with Crippen LogP contribution in [0.15, 0.2) is 74.8 Å². The van der Waals surface area contributed by atoms with Gasteiger partial charge in [0, 0.05) is 13.1 Å². The first-order valence-corrected chi connectivity index (χ1v) is 11.9. The number of hydrogen-bond acceptors (Lipinski definition) is 5. The van der Waals surface area contributed by atoms with E-state index >= 15 is 0 Å². The third-order valence-electron chi connectivity index (χ3n) is 5.44. The SMILES string of the molecule is O=C(Cc1ccc(S(=O)(=O)N2CCCCC2)cc1)N(Cc1ccco1)Cc1ccco1. The van der Waals surface area contributed by atoms with Crippen molar-refractivity contribution >= 4 is 15.9 Å². The Morgan fingerprint density at radius 2 is 1.45 bits per heavy atom. The fraction of sp³-hybridized carbons (Fsp3) is 0.348. The van der Waals surface area contributed by atoms with E-state index in [0.29, 0.717) is 37.7 Å². The molecule has 1 amide bonds. The number of sulfonamides is 1. The van der Waals surface area contributed by atoms with E-state index in [1.54, 1.807) is 58.1 Å². The molecule has 164 valence electrons. The molecule has 0 spiro atoms. The second-order valence-electron chi connectivity index (χ2n) is 7.69. The standard InChI is InChI=1S/C23H26N2O5S/c26-23(24(17-20-6-4-14-29-20)18-21-7-5-15-30-21)16-19-8-10-22(11-9-19)31(27,28)25-12-2-1-3-13-25/h4-11,14-15H,1-3,12-13,16-18H2. The van der Waals surface area contributed by atoms with Gasteiger partial charge in [0.25, 0.3) is 0 Å². The van der Waals surface area contributed by atoms with Crippen molar-refractivity contribution in [2.75, 3.05) is 13.1 Å². The minimum atomic E-state index is -3.48. The summed E-state index contributed by atoms with van der Waals surface area (Å²) in [5.74, 6) is 1.27. The average molecular weight is 443 g/mol. The van der Waals surface area contributed by atoms with Gasteiger partial charge in [-0.3, -0.25) is 4.79 Å². The van der Waals surface area contributed by atoms with Crippen molar-refractivity contribution in [3.05, 3.63) is 78.1 Å². The van der Waals surface area contributed by atoms with Crippen LogP contribution in [0.4, 0.5) is 0 Å². The summed E-state index contributed by atoms with van der Waals surface area (Å²) in [5.41, 5.74) is 0.756. The molecule has 0 saturated carbocycles. The molecule has 0 atom stereocenters. The van der Waals surface area contributed by atoms with Crippen LogP contribution < -0.4 is 0 Å². The van der Waals surface area contributed by atoms with Gasteiger partial charge < -0.3 is 13.7 Å². The van der Waals surface area contributed by atoms with Gasteiger partial charge in [0.2, 0.25) is 15.9 Å². The number of carbonyl (C=O) groups excluding carboxylic acids is 1. The Labute approximate surface area is 182 Å².